The summed E-state index contributed by atoms with van der Waals surface area (Å²) in [5.41, 5.74) is 1.66. The smallest absolute Gasteiger partial charge is 0.244 e. The molecular weight excluding hydrogens is 289 g/mol. The maximum absolute atomic E-state index is 13.5. The van der Waals surface area contributed by atoms with Gasteiger partial charge in [-0.25, -0.2) is 4.39 Å². The molecule has 0 radical (unpaired) electrons. The molecule has 1 aliphatic rings. The molecule has 0 unspecified atom stereocenters. The van der Waals surface area contributed by atoms with Gasteiger partial charge in [0.15, 0.2) is 0 Å². The Bertz CT molecular complexity index is 546. The molecule has 21 heavy (non-hydrogen) atoms. The van der Waals surface area contributed by atoms with Crippen molar-refractivity contribution in [3.05, 3.63) is 52.3 Å². The predicted molar refractivity (Wildman–Crippen MR) is 84.6 cm³/mol. The fraction of sp³-hybridized carbons (Fsp3) is 0.353. The second-order valence-corrected chi connectivity index (χ2v) is 5.53. The van der Waals surface area contributed by atoms with Crippen LogP contribution in [0.25, 0.3) is 6.08 Å². The van der Waals surface area contributed by atoms with Gasteiger partial charge in [0.1, 0.15) is 5.82 Å². The van der Waals surface area contributed by atoms with Gasteiger partial charge in [-0.05, 0) is 50.3 Å². The number of carbonyl (C=O) groups excluding carboxylic acids is 1. The number of hydrogen-bond donors (Lipinski definition) is 1. The van der Waals surface area contributed by atoms with Crippen molar-refractivity contribution in [2.24, 2.45) is 0 Å². The molecule has 0 spiro atoms. The molecule has 1 aromatic carbocycles. The summed E-state index contributed by atoms with van der Waals surface area (Å²) in [6.45, 7) is 0.611. The standard InChI is InChI=1S/C17H19ClFNO/c18-15-7-4-8-16(19)14(15)9-10-17(21)20-12-11-13-5-2-1-3-6-13/h4-5,7-10H,1-3,6,11-12H2,(H,20,21)/b10-9+. The molecule has 1 aliphatic carbocycles. The van der Waals surface area contributed by atoms with E-state index in [4.69, 9.17) is 11.6 Å². The van der Waals surface area contributed by atoms with Gasteiger partial charge in [-0.3, -0.25) is 4.79 Å². The van der Waals surface area contributed by atoms with Gasteiger partial charge in [0, 0.05) is 18.2 Å². The van der Waals surface area contributed by atoms with E-state index < -0.39 is 5.82 Å². The second-order valence-electron chi connectivity index (χ2n) is 5.12. The maximum atomic E-state index is 13.5. The van der Waals surface area contributed by atoms with Gasteiger partial charge in [0.25, 0.3) is 0 Å². The molecule has 0 bridgehead atoms. The van der Waals surface area contributed by atoms with Gasteiger partial charge < -0.3 is 5.32 Å². The number of halogens is 2. The number of rotatable bonds is 5. The van der Waals surface area contributed by atoms with Crippen LogP contribution in [0, 0.1) is 5.82 Å². The Morgan fingerprint density at radius 3 is 2.95 bits per heavy atom. The van der Waals surface area contributed by atoms with Crippen LogP contribution in [-0.2, 0) is 4.79 Å². The molecular formula is C17H19ClFNO. The maximum Gasteiger partial charge on any atom is 0.244 e. The van der Waals surface area contributed by atoms with E-state index in [0.29, 0.717) is 11.6 Å². The molecule has 0 fully saturated rings. The molecule has 1 N–H and O–H groups in total. The lowest BCUT2D eigenvalue weighted by molar-refractivity contribution is -0.116. The number of carbonyl (C=O) groups is 1. The lowest BCUT2D eigenvalue weighted by Crippen LogP contribution is -2.22. The van der Waals surface area contributed by atoms with E-state index in [0.717, 1.165) is 19.3 Å². The zero-order chi connectivity index (χ0) is 15.1. The first-order chi connectivity index (χ1) is 10.2. The van der Waals surface area contributed by atoms with E-state index in [1.54, 1.807) is 6.07 Å². The number of hydrogen-bond acceptors (Lipinski definition) is 1. The molecule has 2 nitrogen and oxygen atoms in total. The summed E-state index contributed by atoms with van der Waals surface area (Å²) in [6.07, 6.45) is 10.7. The monoisotopic (exact) mass is 307 g/mol. The van der Waals surface area contributed by atoms with Crippen LogP contribution in [0.3, 0.4) is 0 Å². The van der Waals surface area contributed by atoms with Gasteiger partial charge in [0.2, 0.25) is 5.91 Å². The summed E-state index contributed by atoms with van der Waals surface area (Å²) >= 11 is 5.89. The van der Waals surface area contributed by atoms with Gasteiger partial charge in [0.05, 0.1) is 5.02 Å². The van der Waals surface area contributed by atoms with Crippen molar-refractivity contribution in [3.8, 4) is 0 Å². The zero-order valence-corrected chi connectivity index (χ0v) is 12.6. The van der Waals surface area contributed by atoms with Crippen molar-refractivity contribution in [1.29, 1.82) is 0 Å². The first kappa shape index (κ1) is 15.8. The molecule has 4 heteroatoms. The van der Waals surface area contributed by atoms with Crippen molar-refractivity contribution < 1.29 is 9.18 Å². The Balaban J connectivity index is 1.81. The Labute approximate surface area is 129 Å². The van der Waals surface area contributed by atoms with Crippen LogP contribution in [-0.4, -0.2) is 12.5 Å². The molecule has 0 saturated heterocycles. The van der Waals surface area contributed by atoms with Crippen LogP contribution in [0.4, 0.5) is 4.39 Å². The third-order valence-corrected chi connectivity index (χ3v) is 3.86. The molecule has 112 valence electrons. The second kappa shape index (κ2) is 7.99. The molecule has 1 amide bonds. The van der Waals surface area contributed by atoms with Crippen LogP contribution in [0.1, 0.15) is 37.7 Å². The van der Waals surface area contributed by atoms with Crippen molar-refractivity contribution in [1.82, 2.24) is 5.32 Å². The van der Waals surface area contributed by atoms with Crippen molar-refractivity contribution >= 4 is 23.6 Å². The van der Waals surface area contributed by atoms with Crippen molar-refractivity contribution in [3.63, 3.8) is 0 Å². The summed E-state index contributed by atoms with van der Waals surface area (Å²) in [5.74, 6) is -0.662. The Morgan fingerprint density at radius 1 is 1.38 bits per heavy atom. The van der Waals surface area contributed by atoms with E-state index in [1.807, 2.05) is 0 Å². The van der Waals surface area contributed by atoms with E-state index in [2.05, 4.69) is 11.4 Å². The highest BCUT2D eigenvalue weighted by molar-refractivity contribution is 6.32. The van der Waals surface area contributed by atoms with E-state index >= 15 is 0 Å². The molecule has 0 atom stereocenters. The average molecular weight is 308 g/mol. The lowest BCUT2D eigenvalue weighted by Gasteiger charge is -2.12. The van der Waals surface area contributed by atoms with Crippen molar-refractivity contribution in [2.75, 3.05) is 6.54 Å². The lowest BCUT2D eigenvalue weighted by atomic mass is 9.97. The van der Waals surface area contributed by atoms with Crippen LogP contribution in [0.2, 0.25) is 5.02 Å². The summed E-state index contributed by atoms with van der Waals surface area (Å²) in [5, 5.41) is 3.10. The molecule has 0 saturated carbocycles. The zero-order valence-electron chi connectivity index (χ0n) is 11.9. The van der Waals surface area contributed by atoms with Gasteiger partial charge in [-0.1, -0.05) is 29.3 Å². The minimum absolute atomic E-state index is 0.231. The minimum Gasteiger partial charge on any atom is -0.352 e. The molecule has 2 rings (SSSR count). The van der Waals surface area contributed by atoms with Gasteiger partial charge in [-0.2, -0.15) is 0 Å². The predicted octanol–water partition coefficient (Wildman–Crippen LogP) is 4.50. The third-order valence-electron chi connectivity index (χ3n) is 3.53. The normalized spacial score (nSPS) is 15.0. The topological polar surface area (TPSA) is 29.1 Å². The summed E-state index contributed by atoms with van der Waals surface area (Å²) in [4.78, 5) is 11.7. The van der Waals surface area contributed by atoms with Gasteiger partial charge in [-0.15, -0.1) is 0 Å². The molecule has 0 heterocycles. The van der Waals surface area contributed by atoms with Crippen LogP contribution < -0.4 is 5.32 Å². The SMILES string of the molecule is O=C(/C=C/c1c(F)cccc1Cl)NCCC1=CCCCC1. The first-order valence-corrected chi connectivity index (χ1v) is 7.62. The largest absolute Gasteiger partial charge is 0.352 e. The quantitative estimate of drug-likeness (QED) is 0.630. The number of nitrogens with one attached hydrogen (secondary N) is 1. The van der Waals surface area contributed by atoms with Crippen LogP contribution in [0.15, 0.2) is 35.9 Å². The molecule has 0 aliphatic heterocycles. The highest BCUT2D eigenvalue weighted by Crippen LogP contribution is 2.20. The summed E-state index contributed by atoms with van der Waals surface area (Å²) < 4.78 is 13.5. The van der Waals surface area contributed by atoms with E-state index in [9.17, 15) is 9.18 Å². The summed E-state index contributed by atoms with van der Waals surface area (Å²) in [6, 6.07) is 4.45. The van der Waals surface area contributed by atoms with Gasteiger partial charge >= 0.3 is 0 Å². The Hall–Kier alpha value is -1.61. The Morgan fingerprint density at radius 2 is 2.24 bits per heavy atom. The fourth-order valence-corrected chi connectivity index (χ4v) is 2.59. The minimum atomic E-state index is -0.432. The van der Waals surface area contributed by atoms with Crippen molar-refractivity contribution in [2.45, 2.75) is 32.1 Å². The average Bonchev–Trinajstić information content (AvgIpc) is 2.48. The summed E-state index contributed by atoms with van der Waals surface area (Å²) in [7, 11) is 0. The van der Waals surface area contributed by atoms with E-state index in [-0.39, 0.29) is 11.5 Å². The molecule has 1 aromatic rings. The Kier molecular flexibility index (Phi) is 6.00. The van der Waals surface area contributed by atoms with E-state index in [1.165, 1.54) is 42.7 Å². The first-order valence-electron chi connectivity index (χ1n) is 7.24. The van der Waals surface area contributed by atoms with Crippen LogP contribution >= 0.6 is 11.6 Å². The molecule has 0 aromatic heterocycles. The number of allylic oxidation sites excluding steroid dienone is 1. The third kappa shape index (κ3) is 5.01. The number of benzene rings is 1. The highest BCUT2D eigenvalue weighted by Gasteiger charge is 2.05. The van der Waals surface area contributed by atoms with Crippen LogP contribution in [0.5, 0.6) is 0 Å². The fourth-order valence-electron chi connectivity index (χ4n) is 2.37. The highest BCUT2D eigenvalue weighted by atomic mass is 35.5. The number of amides is 1.